The molecule has 6 nitrogen and oxygen atoms in total. The van der Waals surface area contributed by atoms with Crippen LogP contribution >= 0.6 is 23.2 Å². The molecule has 174 valence electrons. The summed E-state index contributed by atoms with van der Waals surface area (Å²) >= 11 is 12.4. The van der Waals surface area contributed by atoms with Gasteiger partial charge in [0.05, 0.1) is 35.4 Å². The summed E-state index contributed by atoms with van der Waals surface area (Å²) in [6.07, 6.45) is 2.41. The molecule has 4 rings (SSSR count). The normalized spacial score (nSPS) is 22.2. The number of benzene rings is 2. The first-order valence-corrected chi connectivity index (χ1v) is 11.6. The highest BCUT2D eigenvalue weighted by atomic mass is 35.5. The summed E-state index contributed by atoms with van der Waals surface area (Å²) in [5, 5.41) is 11.8. The third-order valence-corrected chi connectivity index (χ3v) is 6.63. The maximum absolute atomic E-state index is 13.2. The number of halogens is 2. The van der Waals surface area contributed by atoms with Crippen molar-refractivity contribution in [2.75, 3.05) is 20.3 Å². The number of carbonyl (C=O) groups is 2. The largest absolute Gasteiger partial charge is 0.507 e. The Morgan fingerprint density at radius 3 is 2.55 bits per heavy atom. The van der Waals surface area contributed by atoms with E-state index in [1.807, 2.05) is 31.2 Å². The molecule has 0 saturated carbocycles. The van der Waals surface area contributed by atoms with Crippen molar-refractivity contribution in [1.29, 1.82) is 0 Å². The predicted molar refractivity (Wildman–Crippen MR) is 127 cm³/mol. The molecule has 2 atom stereocenters. The molecule has 2 saturated heterocycles. The summed E-state index contributed by atoms with van der Waals surface area (Å²) < 4.78 is 11.1. The molecule has 8 heteroatoms. The molecule has 2 unspecified atom stereocenters. The maximum Gasteiger partial charge on any atom is 0.295 e. The van der Waals surface area contributed by atoms with Crippen molar-refractivity contribution in [3.8, 4) is 5.75 Å². The third-order valence-electron chi connectivity index (χ3n) is 6.14. The van der Waals surface area contributed by atoms with Crippen LogP contribution in [0.15, 0.2) is 42.0 Å². The number of aliphatic hydroxyl groups excluding tert-OH is 1. The lowest BCUT2D eigenvalue weighted by Crippen LogP contribution is -2.36. The van der Waals surface area contributed by atoms with Crippen LogP contribution in [0.25, 0.3) is 5.76 Å². The Kier molecular flexibility index (Phi) is 6.98. The van der Waals surface area contributed by atoms with Crippen molar-refractivity contribution >= 4 is 40.7 Å². The lowest BCUT2D eigenvalue weighted by atomic mass is 9.94. The number of Topliss-reactive ketones (excluding diaryl/α,β-unsaturated/α-hetero) is 1. The molecule has 0 bridgehead atoms. The van der Waals surface area contributed by atoms with Crippen molar-refractivity contribution in [2.24, 2.45) is 0 Å². The number of aliphatic hydroxyl groups is 1. The summed E-state index contributed by atoms with van der Waals surface area (Å²) in [6, 6.07) is 9.85. The average molecular weight is 490 g/mol. The molecule has 2 aromatic rings. The topological polar surface area (TPSA) is 76.1 Å². The number of carbonyl (C=O) groups excluding carboxylic acids is 2. The number of methoxy groups -OCH3 is 1. The van der Waals surface area contributed by atoms with Gasteiger partial charge in [-0.25, -0.2) is 0 Å². The summed E-state index contributed by atoms with van der Waals surface area (Å²) in [6.45, 7) is 2.94. The molecule has 0 aromatic heterocycles. The van der Waals surface area contributed by atoms with Crippen LogP contribution in [0.2, 0.25) is 10.0 Å². The van der Waals surface area contributed by atoms with Gasteiger partial charge in [-0.15, -0.1) is 0 Å². The van der Waals surface area contributed by atoms with E-state index in [1.54, 1.807) is 0 Å². The van der Waals surface area contributed by atoms with Gasteiger partial charge < -0.3 is 19.5 Å². The first kappa shape index (κ1) is 23.6. The van der Waals surface area contributed by atoms with E-state index in [0.717, 1.165) is 30.4 Å². The van der Waals surface area contributed by atoms with Crippen LogP contribution in [0.5, 0.6) is 5.75 Å². The first-order chi connectivity index (χ1) is 15.8. The summed E-state index contributed by atoms with van der Waals surface area (Å²) in [4.78, 5) is 27.8. The fraction of sp³-hybridized carbons (Fsp3) is 0.360. The molecular weight excluding hydrogens is 465 g/mol. The highest BCUT2D eigenvalue weighted by Crippen LogP contribution is 2.43. The molecule has 33 heavy (non-hydrogen) atoms. The van der Waals surface area contributed by atoms with E-state index in [2.05, 4.69) is 0 Å². The second-order valence-electron chi connectivity index (χ2n) is 8.15. The van der Waals surface area contributed by atoms with E-state index in [9.17, 15) is 14.7 Å². The molecule has 2 aromatic carbocycles. The van der Waals surface area contributed by atoms with Crippen LogP contribution in [-0.2, 0) is 20.7 Å². The Balaban J connectivity index is 1.88. The van der Waals surface area contributed by atoms with Gasteiger partial charge in [-0.2, -0.15) is 0 Å². The molecule has 2 aliphatic rings. The lowest BCUT2D eigenvalue weighted by Gasteiger charge is -2.27. The van der Waals surface area contributed by atoms with E-state index in [-0.39, 0.29) is 45.3 Å². The van der Waals surface area contributed by atoms with Gasteiger partial charge in [-0.3, -0.25) is 9.59 Å². The fourth-order valence-corrected chi connectivity index (χ4v) is 5.02. The number of nitrogens with zero attached hydrogens (tertiary/aromatic N) is 1. The first-order valence-electron chi connectivity index (χ1n) is 10.9. The van der Waals surface area contributed by atoms with E-state index in [1.165, 1.54) is 24.1 Å². The van der Waals surface area contributed by atoms with Crippen molar-refractivity contribution in [1.82, 2.24) is 4.90 Å². The molecular formula is C25H25Cl2NO5. The zero-order chi connectivity index (χ0) is 23.7. The van der Waals surface area contributed by atoms with Gasteiger partial charge >= 0.3 is 0 Å². The van der Waals surface area contributed by atoms with Crippen LogP contribution in [0, 0.1) is 0 Å². The Morgan fingerprint density at radius 1 is 1.21 bits per heavy atom. The number of ketones is 1. The number of ether oxygens (including phenoxy) is 2. The minimum atomic E-state index is -0.775. The number of aryl methyl sites for hydroxylation is 1. The Labute approximate surface area is 202 Å². The lowest BCUT2D eigenvalue weighted by molar-refractivity contribution is -0.140. The van der Waals surface area contributed by atoms with Crippen LogP contribution in [0.3, 0.4) is 0 Å². The highest BCUT2D eigenvalue weighted by molar-refractivity contribution is 6.46. The van der Waals surface area contributed by atoms with Gasteiger partial charge in [-0.05, 0) is 42.5 Å². The number of rotatable bonds is 6. The molecule has 1 N–H and O–H groups in total. The van der Waals surface area contributed by atoms with Gasteiger partial charge in [0.15, 0.2) is 0 Å². The fourth-order valence-electron chi connectivity index (χ4n) is 4.45. The average Bonchev–Trinajstić information content (AvgIpc) is 3.40. The summed E-state index contributed by atoms with van der Waals surface area (Å²) in [5.41, 5.74) is 1.97. The Bertz CT molecular complexity index is 1110. The van der Waals surface area contributed by atoms with Crippen LogP contribution in [-0.4, -0.2) is 48.1 Å². The summed E-state index contributed by atoms with van der Waals surface area (Å²) in [7, 11) is 1.41. The second kappa shape index (κ2) is 9.75. The Hall–Kier alpha value is -2.54. The zero-order valence-electron chi connectivity index (χ0n) is 18.4. The van der Waals surface area contributed by atoms with Crippen LogP contribution < -0.4 is 4.74 Å². The van der Waals surface area contributed by atoms with E-state index in [0.29, 0.717) is 6.61 Å². The van der Waals surface area contributed by atoms with E-state index >= 15 is 0 Å². The smallest absolute Gasteiger partial charge is 0.295 e. The maximum atomic E-state index is 13.2. The molecule has 0 radical (unpaired) electrons. The van der Waals surface area contributed by atoms with Gasteiger partial charge in [0.2, 0.25) is 0 Å². The van der Waals surface area contributed by atoms with Gasteiger partial charge in [0.1, 0.15) is 11.5 Å². The van der Waals surface area contributed by atoms with E-state index in [4.69, 9.17) is 32.7 Å². The molecule has 2 aliphatic heterocycles. The third kappa shape index (κ3) is 4.47. The van der Waals surface area contributed by atoms with Gasteiger partial charge in [-0.1, -0.05) is 54.4 Å². The molecule has 0 aliphatic carbocycles. The second-order valence-corrected chi connectivity index (χ2v) is 8.99. The standard InChI is InChI=1S/C25H25Cl2NO5/c1-3-14-6-8-15(9-7-14)21-20(22(29)18-11-16(26)12-19(27)24(18)32-2)23(30)25(31)28(21)13-17-5-4-10-33-17/h6-9,11-12,17,21,29H,3-5,10,13H2,1-2H3/b22-20+. The van der Waals surface area contributed by atoms with Crippen molar-refractivity contribution in [3.63, 3.8) is 0 Å². The van der Waals surface area contributed by atoms with Crippen molar-refractivity contribution in [3.05, 3.63) is 68.7 Å². The minimum Gasteiger partial charge on any atom is -0.507 e. The quantitative estimate of drug-likeness (QED) is 0.344. The SMILES string of the molecule is CCc1ccc(C2/C(=C(\O)c3cc(Cl)cc(Cl)c3OC)C(=O)C(=O)N2CC2CCCO2)cc1. The predicted octanol–water partition coefficient (Wildman–Crippen LogP) is 5.17. The summed E-state index contributed by atoms with van der Waals surface area (Å²) in [5.74, 6) is -1.66. The number of amides is 1. The molecule has 1 amide bonds. The van der Waals surface area contributed by atoms with Crippen LogP contribution in [0.1, 0.15) is 42.5 Å². The monoisotopic (exact) mass is 489 g/mol. The number of likely N-dealkylation sites (tertiary alicyclic amines) is 1. The molecule has 2 heterocycles. The highest BCUT2D eigenvalue weighted by Gasteiger charge is 2.47. The van der Waals surface area contributed by atoms with Gasteiger partial charge in [0.25, 0.3) is 11.7 Å². The minimum absolute atomic E-state index is 0.0288. The number of hydrogen-bond acceptors (Lipinski definition) is 5. The molecule has 2 fully saturated rings. The Morgan fingerprint density at radius 2 is 1.94 bits per heavy atom. The van der Waals surface area contributed by atoms with Gasteiger partial charge in [0, 0.05) is 18.2 Å². The zero-order valence-corrected chi connectivity index (χ0v) is 19.9. The van der Waals surface area contributed by atoms with Crippen molar-refractivity contribution in [2.45, 2.75) is 38.3 Å². The van der Waals surface area contributed by atoms with E-state index < -0.39 is 17.7 Å². The van der Waals surface area contributed by atoms with Crippen LogP contribution in [0.4, 0.5) is 0 Å². The van der Waals surface area contributed by atoms with Crippen molar-refractivity contribution < 1.29 is 24.2 Å². The molecule has 0 spiro atoms. The number of hydrogen-bond donors (Lipinski definition) is 1.